The van der Waals surface area contributed by atoms with Crippen molar-refractivity contribution in [2.75, 3.05) is 21.3 Å². The van der Waals surface area contributed by atoms with Crippen molar-refractivity contribution in [2.24, 2.45) is 15.5 Å². The number of oxime groups is 2. The maximum atomic E-state index is 11.8. The molecule has 1 radical (unpaired) electrons. The van der Waals surface area contributed by atoms with Crippen molar-refractivity contribution in [1.82, 2.24) is 9.97 Å². The molecule has 0 aromatic carbocycles. The summed E-state index contributed by atoms with van der Waals surface area (Å²) in [5.41, 5.74) is 0.966. The van der Waals surface area contributed by atoms with Crippen LogP contribution in [0.1, 0.15) is 18.2 Å². The first-order valence-electron chi connectivity index (χ1n) is 6.28. The Kier molecular flexibility index (Phi) is 11.5. The molecular weight excluding hydrogens is 395 g/mol. The van der Waals surface area contributed by atoms with E-state index < -0.39 is 5.97 Å². The second kappa shape index (κ2) is 12.5. The molecule has 0 saturated carbocycles. The van der Waals surface area contributed by atoms with E-state index in [1.807, 2.05) is 0 Å². The number of carbonyl (C=O) groups is 1. The van der Waals surface area contributed by atoms with Gasteiger partial charge in [-0.15, -0.1) is 5.16 Å². The molecule has 0 N–H and O–H groups in total. The predicted octanol–water partition coefficient (Wildman–Crippen LogP) is 0.399. The Hall–Kier alpha value is -1.94. The van der Waals surface area contributed by atoms with Gasteiger partial charge in [0.1, 0.15) is 20.5 Å². The van der Waals surface area contributed by atoms with Crippen LogP contribution in [-0.4, -0.2) is 54.9 Å². The van der Waals surface area contributed by atoms with Gasteiger partial charge in [-0.2, -0.15) is 0 Å². The van der Waals surface area contributed by atoms with Gasteiger partial charge < -0.3 is 30.6 Å². The van der Waals surface area contributed by atoms with E-state index in [0.717, 1.165) is 0 Å². The maximum absolute atomic E-state index is 11.8. The van der Waals surface area contributed by atoms with E-state index >= 15 is 0 Å². The monoisotopic (exact) mass is 411 g/mol. The van der Waals surface area contributed by atoms with Crippen molar-refractivity contribution >= 4 is 23.6 Å². The van der Waals surface area contributed by atoms with Crippen molar-refractivity contribution < 1.29 is 56.8 Å². The van der Waals surface area contributed by atoms with Gasteiger partial charge in [0.25, 0.3) is 0 Å². The number of esters is 1. The number of aromatic nitrogens is 2. The van der Waals surface area contributed by atoms with Crippen LogP contribution >= 0.6 is 0 Å². The zero-order valence-electron chi connectivity index (χ0n) is 13.7. The first kappa shape index (κ1) is 22.1. The van der Waals surface area contributed by atoms with Crippen LogP contribution in [-0.2, 0) is 63.4 Å². The van der Waals surface area contributed by atoms with E-state index in [0.29, 0.717) is 17.0 Å². The van der Waals surface area contributed by atoms with Crippen molar-refractivity contribution in [2.45, 2.75) is 13.5 Å². The Bertz CT molecular complexity index is 621. The van der Waals surface area contributed by atoms with Gasteiger partial charge >= 0.3 is 5.97 Å². The summed E-state index contributed by atoms with van der Waals surface area (Å²) in [6, 6.07) is 0. The molecule has 1 heterocycles. The fourth-order valence-electron chi connectivity index (χ4n) is 1.37. The number of methoxy groups -OCH3 is 1. The van der Waals surface area contributed by atoms with Crippen molar-refractivity contribution in [3.8, 4) is 0 Å². The average molecular weight is 411 g/mol. The summed E-state index contributed by atoms with van der Waals surface area (Å²) in [6.07, 6.45) is 5.18. The number of hydrogen-bond donors (Lipinski definition) is 0. The molecule has 0 spiro atoms. The van der Waals surface area contributed by atoms with E-state index in [4.69, 9.17) is 4.84 Å². The normalized spacial score (nSPS) is 11.7. The van der Waals surface area contributed by atoms with Crippen molar-refractivity contribution in [1.29, 1.82) is 0 Å². The molecule has 1 rings (SSSR count). The summed E-state index contributed by atoms with van der Waals surface area (Å²) >= 11 is 0. The fraction of sp³-hybridized carbons (Fsp3) is 0.385. The minimum atomic E-state index is -0.692. The molecule has 10 nitrogen and oxygen atoms in total. The third-order valence-corrected chi connectivity index (χ3v) is 2.31. The van der Waals surface area contributed by atoms with Gasteiger partial charge in [-0.25, -0.2) is 14.8 Å². The van der Waals surface area contributed by atoms with Gasteiger partial charge in [0.2, 0.25) is 0 Å². The Morgan fingerprint density at radius 2 is 2.00 bits per heavy atom. The Morgan fingerprint density at radius 3 is 2.62 bits per heavy atom. The van der Waals surface area contributed by atoms with E-state index in [1.54, 1.807) is 6.92 Å². The molecule has 127 valence electrons. The quantitative estimate of drug-likeness (QED) is 0.263. The number of nitrogens with zero attached hydrogens (tertiary/aromatic N) is 5. The number of rotatable bonds is 8. The summed E-state index contributed by atoms with van der Waals surface area (Å²) < 4.78 is 4.65. The van der Waals surface area contributed by atoms with Crippen LogP contribution in [0, 0.1) is 0 Å². The summed E-state index contributed by atoms with van der Waals surface area (Å²) in [7, 11) is 3.92. The molecule has 0 fully saturated rings. The van der Waals surface area contributed by atoms with Crippen molar-refractivity contribution in [3.63, 3.8) is 0 Å². The second-order valence-electron chi connectivity index (χ2n) is 3.83. The smallest absolute Gasteiger partial charge is 0.360 e. The molecule has 24 heavy (non-hydrogen) atoms. The second-order valence-corrected chi connectivity index (χ2v) is 3.83. The van der Waals surface area contributed by atoms with Crippen LogP contribution in [0.2, 0.25) is 0 Å². The number of hydrogen-bond acceptors (Lipinski definition) is 10. The van der Waals surface area contributed by atoms with Gasteiger partial charge in [-0.3, -0.25) is 0 Å². The van der Waals surface area contributed by atoms with Crippen LogP contribution < -0.4 is 0 Å². The van der Waals surface area contributed by atoms with Crippen molar-refractivity contribution in [3.05, 3.63) is 23.8 Å². The molecule has 0 unspecified atom stereocenters. The molecular formula is C13H16N5O5Y-. The van der Waals surface area contributed by atoms with E-state index in [1.165, 1.54) is 33.9 Å². The number of ether oxygens (including phenoxy) is 1. The van der Waals surface area contributed by atoms with Crippen LogP contribution in [0.4, 0.5) is 0 Å². The van der Waals surface area contributed by atoms with E-state index in [2.05, 4.69) is 46.1 Å². The molecule has 0 aliphatic heterocycles. The zero-order chi connectivity index (χ0) is 17.1. The van der Waals surface area contributed by atoms with Gasteiger partial charge in [0, 0.05) is 38.9 Å². The molecule has 0 bridgehead atoms. The Morgan fingerprint density at radius 1 is 1.25 bits per heavy atom. The van der Waals surface area contributed by atoms with Crippen LogP contribution in [0.5, 0.6) is 0 Å². The molecule has 0 saturated heterocycles. The first-order valence-corrected chi connectivity index (χ1v) is 6.28. The summed E-state index contributed by atoms with van der Waals surface area (Å²) in [6.45, 7) is 1.58. The predicted molar refractivity (Wildman–Crippen MR) is 79.9 cm³/mol. The fourth-order valence-corrected chi connectivity index (χ4v) is 1.37. The number of carbonyl (C=O) groups excluding carboxylic acids is 1. The molecule has 1 aromatic heterocycles. The third-order valence-electron chi connectivity index (χ3n) is 2.31. The Balaban J connectivity index is 0.00000529. The molecule has 0 atom stereocenters. The molecule has 11 heteroatoms. The van der Waals surface area contributed by atoms with Crippen LogP contribution in [0.15, 0.2) is 28.0 Å². The average Bonchev–Trinajstić information content (AvgIpc) is 2.57. The topological polar surface area (TPSA) is 117 Å². The first-order chi connectivity index (χ1) is 11.1. The molecule has 0 aliphatic rings. The molecule has 0 aliphatic carbocycles. The van der Waals surface area contributed by atoms with Crippen LogP contribution in [0.25, 0.3) is 0 Å². The van der Waals surface area contributed by atoms with Gasteiger partial charge in [0.15, 0.2) is 12.3 Å². The van der Waals surface area contributed by atoms with Gasteiger partial charge in [-0.1, -0.05) is 17.8 Å². The summed E-state index contributed by atoms with van der Waals surface area (Å²) in [4.78, 5) is 33.9. The molecule has 1 aromatic rings. The SMILES string of the molecule is CON=[C-]/C(C)=N/OCc1ncncc1/C(=N\OC)C(=O)OC.[Y]. The van der Waals surface area contributed by atoms with E-state index in [9.17, 15) is 4.79 Å². The summed E-state index contributed by atoms with van der Waals surface area (Å²) in [5.74, 6) is -0.692. The van der Waals surface area contributed by atoms with Gasteiger partial charge in [0.05, 0.1) is 18.4 Å². The largest absolute Gasteiger partial charge is 0.464 e. The minimum Gasteiger partial charge on any atom is -0.464 e. The summed E-state index contributed by atoms with van der Waals surface area (Å²) in [5, 5.41) is 10.8. The third kappa shape index (κ3) is 7.09. The molecule has 0 amide bonds. The van der Waals surface area contributed by atoms with E-state index in [-0.39, 0.29) is 45.0 Å². The minimum absolute atomic E-state index is 0. The maximum Gasteiger partial charge on any atom is 0.360 e. The van der Waals surface area contributed by atoms with Crippen LogP contribution in [0.3, 0.4) is 0 Å². The zero-order valence-corrected chi connectivity index (χ0v) is 16.6. The standard InChI is InChI=1S/C13H16N5O5.Y/c1-9(5-16-21-3)17-23-7-11-10(6-14-8-15-11)12(18-22-4)13(19)20-2;/h6,8H,7H2,1-4H3;/q-1;/b17-9+,18-12+;. The Labute approximate surface area is 164 Å². The van der Waals surface area contributed by atoms with Gasteiger partial charge in [-0.05, 0) is 0 Å².